The predicted octanol–water partition coefficient (Wildman–Crippen LogP) is 6.03. The number of hydrogen-bond acceptors (Lipinski definition) is 2. The summed E-state index contributed by atoms with van der Waals surface area (Å²) in [5.74, 6) is 0.282. The van der Waals surface area contributed by atoms with Gasteiger partial charge < -0.3 is 9.84 Å². The van der Waals surface area contributed by atoms with Crippen LogP contribution in [0.1, 0.15) is 27.8 Å². The molecule has 0 aromatic heterocycles. The Bertz CT molecular complexity index is 838. The highest BCUT2D eigenvalue weighted by Gasteiger charge is 2.14. The van der Waals surface area contributed by atoms with Crippen LogP contribution in [0.2, 0.25) is 10.0 Å². The first-order valence-electron chi connectivity index (χ1n) is 8.38. The molecule has 3 aromatic carbocycles. The second-order valence-electron chi connectivity index (χ2n) is 6.23. The van der Waals surface area contributed by atoms with Crippen LogP contribution >= 0.6 is 23.2 Å². The number of ether oxygens (including phenoxy) is 1. The van der Waals surface area contributed by atoms with E-state index in [1.807, 2.05) is 60.7 Å². The van der Waals surface area contributed by atoms with Crippen LogP contribution in [0.3, 0.4) is 0 Å². The van der Waals surface area contributed by atoms with Gasteiger partial charge in [0.15, 0.2) is 0 Å². The predicted molar refractivity (Wildman–Crippen MR) is 107 cm³/mol. The number of phenols is 1. The lowest BCUT2D eigenvalue weighted by molar-refractivity contribution is 0.184. The van der Waals surface area contributed by atoms with E-state index in [9.17, 15) is 5.11 Å². The third-order valence-electron chi connectivity index (χ3n) is 4.32. The maximum Gasteiger partial charge on any atom is 0.122 e. The maximum atomic E-state index is 10.9. The second kappa shape index (κ2) is 8.59. The van der Waals surface area contributed by atoms with Crippen molar-refractivity contribution in [2.75, 3.05) is 7.11 Å². The third kappa shape index (κ3) is 4.39. The van der Waals surface area contributed by atoms with E-state index < -0.39 is 0 Å². The molecule has 0 spiro atoms. The molecule has 2 nitrogen and oxygen atoms in total. The van der Waals surface area contributed by atoms with Crippen LogP contribution in [-0.4, -0.2) is 12.2 Å². The Morgan fingerprint density at radius 3 is 1.65 bits per heavy atom. The summed E-state index contributed by atoms with van der Waals surface area (Å²) in [5.41, 5.74) is 4.62. The van der Waals surface area contributed by atoms with Crippen molar-refractivity contribution >= 4 is 23.2 Å². The second-order valence-corrected chi connectivity index (χ2v) is 7.05. The monoisotopic (exact) mass is 386 g/mol. The fraction of sp³-hybridized carbons (Fsp3) is 0.182. The van der Waals surface area contributed by atoms with Gasteiger partial charge in [0.1, 0.15) is 5.75 Å². The average Bonchev–Trinajstić information content (AvgIpc) is 2.63. The summed E-state index contributed by atoms with van der Waals surface area (Å²) in [6, 6.07) is 19.3. The van der Waals surface area contributed by atoms with Crippen LogP contribution in [0, 0.1) is 0 Å². The summed E-state index contributed by atoms with van der Waals surface area (Å²) >= 11 is 12.6. The van der Waals surface area contributed by atoms with Gasteiger partial charge in [-0.3, -0.25) is 0 Å². The highest BCUT2D eigenvalue weighted by atomic mass is 35.5. The molecule has 0 radical (unpaired) electrons. The van der Waals surface area contributed by atoms with Gasteiger partial charge in [0.25, 0.3) is 0 Å². The fourth-order valence-corrected chi connectivity index (χ4v) is 3.45. The Hall–Kier alpha value is -2.00. The minimum absolute atomic E-state index is 0.282. The molecule has 0 unspecified atom stereocenters. The highest BCUT2D eigenvalue weighted by molar-refractivity contribution is 6.31. The molecular formula is C22H20Cl2O2. The summed E-state index contributed by atoms with van der Waals surface area (Å²) < 4.78 is 5.29. The maximum absolute atomic E-state index is 10.9. The van der Waals surface area contributed by atoms with E-state index >= 15 is 0 Å². The first-order valence-corrected chi connectivity index (χ1v) is 9.13. The molecule has 0 atom stereocenters. The quantitative estimate of drug-likeness (QED) is 0.560. The summed E-state index contributed by atoms with van der Waals surface area (Å²) in [5, 5.41) is 12.2. The largest absolute Gasteiger partial charge is 0.507 e. The Kier molecular flexibility index (Phi) is 6.20. The highest BCUT2D eigenvalue weighted by Crippen LogP contribution is 2.32. The number of methoxy groups -OCH3 is 1. The number of benzene rings is 3. The molecular weight excluding hydrogens is 367 g/mol. The van der Waals surface area contributed by atoms with Crippen molar-refractivity contribution in [2.24, 2.45) is 0 Å². The van der Waals surface area contributed by atoms with E-state index in [0.717, 1.165) is 27.8 Å². The zero-order chi connectivity index (χ0) is 18.5. The van der Waals surface area contributed by atoms with Crippen molar-refractivity contribution in [3.05, 3.63) is 98.5 Å². The Morgan fingerprint density at radius 1 is 0.769 bits per heavy atom. The molecule has 26 heavy (non-hydrogen) atoms. The molecule has 0 bridgehead atoms. The lowest BCUT2D eigenvalue weighted by Crippen LogP contribution is -1.99. The molecule has 0 saturated heterocycles. The van der Waals surface area contributed by atoms with Gasteiger partial charge in [0, 0.05) is 30.0 Å². The molecule has 0 aliphatic heterocycles. The van der Waals surface area contributed by atoms with E-state index in [4.69, 9.17) is 27.9 Å². The first kappa shape index (κ1) is 18.8. The zero-order valence-electron chi connectivity index (χ0n) is 14.5. The van der Waals surface area contributed by atoms with Gasteiger partial charge in [-0.1, -0.05) is 59.6 Å². The van der Waals surface area contributed by atoms with E-state index in [1.165, 1.54) is 0 Å². The number of phenolic OH excluding ortho intramolecular Hbond substituents is 1. The molecule has 0 amide bonds. The van der Waals surface area contributed by atoms with Crippen LogP contribution < -0.4 is 0 Å². The smallest absolute Gasteiger partial charge is 0.122 e. The molecule has 4 heteroatoms. The molecule has 134 valence electrons. The minimum atomic E-state index is 0.282. The van der Waals surface area contributed by atoms with Crippen LogP contribution in [-0.2, 0) is 24.2 Å². The van der Waals surface area contributed by atoms with Crippen LogP contribution in [0.25, 0.3) is 0 Å². The summed E-state index contributed by atoms with van der Waals surface area (Å²) in [6.45, 7) is 0.478. The first-order chi connectivity index (χ1) is 12.6. The molecule has 3 rings (SSSR count). The van der Waals surface area contributed by atoms with Crippen molar-refractivity contribution in [2.45, 2.75) is 19.4 Å². The number of rotatable bonds is 6. The fourth-order valence-electron chi connectivity index (χ4n) is 3.05. The Balaban J connectivity index is 2.00. The average molecular weight is 387 g/mol. The van der Waals surface area contributed by atoms with Crippen LogP contribution in [0.5, 0.6) is 5.75 Å². The summed E-state index contributed by atoms with van der Waals surface area (Å²) in [7, 11) is 1.66. The molecule has 0 fully saturated rings. The molecule has 3 aromatic rings. The van der Waals surface area contributed by atoms with Gasteiger partial charge in [-0.2, -0.15) is 0 Å². The molecule has 0 saturated carbocycles. The van der Waals surface area contributed by atoms with E-state index in [0.29, 0.717) is 29.5 Å². The van der Waals surface area contributed by atoms with Gasteiger partial charge >= 0.3 is 0 Å². The van der Waals surface area contributed by atoms with Gasteiger partial charge in [0.2, 0.25) is 0 Å². The number of halogens is 2. The van der Waals surface area contributed by atoms with Crippen molar-refractivity contribution in [3.63, 3.8) is 0 Å². The van der Waals surface area contributed by atoms with Gasteiger partial charge in [0.05, 0.1) is 6.61 Å². The van der Waals surface area contributed by atoms with Crippen molar-refractivity contribution < 1.29 is 9.84 Å². The Morgan fingerprint density at radius 2 is 1.23 bits per heavy atom. The molecule has 0 aliphatic carbocycles. The Labute approximate surface area is 164 Å². The SMILES string of the molecule is COCc1cc(Cc2ccccc2Cl)c(O)c(Cc2ccccc2Cl)c1. The van der Waals surface area contributed by atoms with E-state index in [-0.39, 0.29) is 5.75 Å². The van der Waals surface area contributed by atoms with Gasteiger partial charge in [-0.05, 0) is 52.1 Å². The zero-order valence-corrected chi connectivity index (χ0v) is 16.0. The third-order valence-corrected chi connectivity index (χ3v) is 5.05. The number of aromatic hydroxyl groups is 1. The standard InChI is InChI=1S/C22H20Cl2O2/c1-26-14-15-10-18(12-16-6-2-4-8-20(16)23)22(25)19(11-15)13-17-7-3-5-9-21(17)24/h2-11,25H,12-14H2,1H3. The number of hydrogen-bond donors (Lipinski definition) is 1. The lowest BCUT2D eigenvalue weighted by atomic mass is 9.95. The minimum Gasteiger partial charge on any atom is -0.507 e. The van der Waals surface area contributed by atoms with Crippen LogP contribution in [0.15, 0.2) is 60.7 Å². The van der Waals surface area contributed by atoms with Crippen molar-refractivity contribution in [1.29, 1.82) is 0 Å². The summed E-state index contributed by atoms with van der Waals surface area (Å²) in [4.78, 5) is 0. The van der Waals surface area contributed by atoms with Crippen molar-refractivity contribution in [3.8, 4) is 5.75 Å². The summed E-state index contributed by atoms with van der Waals surface area (Å²) in [6.07, 6.45) is 1.11. The topological polar surface area (TPSA) is 29.5 Å². The van der Waals surface area contributed by atoms with Crippen molar-refractivity contribution in [1.82, 2.24) is 0 Å². The molecule has 0 heterocycles. The van der Waals surface area contributed by atoms with E-state index in [1.54, 1.807) is 7.11 Å². The van der Waals surface area contributed by atoms with Crippen LogP contribution in [0.4, 0.5) is 0 Å². The van der Waals surface area contributed by atoms with E-state index in [2.05, 4.69) is 0 Å². The molecule has 0 aliphatic rings. The van der Waals surface area contributed by atoms with Gasteiger partial charge in [-0.25, -0.2) is 0 Å². The molecule has 1 N–H and O–H groups in total. The van der Waals surface area contributed by atoms with Gasteiger partial charge in [-0.15, -0.1) is 0 Å². The normalized spacial score (nSPS) is 10.9. The lowest BCUT2D eigenvalue weighted by Gasteiger charge is -2.14.